The third-order valence-corrected chi connectivity index (χ3v) is 1.62. The van der Waals surface area contributed by atoms with E-state index in [1.54, 1.807) is 0 Å². The minimum absolute atomic E-state index is 0.322. The standard InChI is InChI=1S/C7H14N4/c1-3-6(8-4-2)7-9-5-10-11-7/h5-6,8H,3-4H2,1-2H3,(H,9,10,11). The molecule has 0 bridgehead atoms. The third-order valence-electron chi connectivity index (χ3n) is 1.62. The van der Waals surface area contributed by atoms with Gasteiger partial charge >= 0.3 is 0 Å². The van der Waals surface area contributed by atoms with E-state index < -0.39 is 0 Å². The predicted molar refractivity (Wildman–Crippen MR) is 43.1 cm³/mol. The fraction of sp³-hybridized carbons (Fsp3) is 0.714. The van der Waals surface area contributed by atoms with Crippen molar-refractivity contribution < 1.29 is 0 Å². The molecule has 1 unspecified atom stereocenters. The zero-order valence-electron chi connectivity index (χ0n) is 6.96. The summed E-state index contributed by atoms with van der Waals surface area (Å²) in [6, 6.07) is 0.322. The summed E-state index contributed by atoms with van der Waals surface area (Å²) < 4.78 is 0. The van der Waals surface area contributed by atoms with Gasteiger partial charge in [0.05, 0.1) is 6.04 Å². The average Bonchev–Trinajstić information content (AvgIpc) is 2.52. The lowest BCUT2D eigenvalue weighted by Crippen LogP contribution is -2.21. The van der Waals surface area contributed by atoms with Gasteiger partial charge in [-0.05, 0) is 13.0 Å². The minimum Gasteiger partial charge on any atom is -0.308 e. The summed E-state index contributed by atoms with van der Waals surface area (Å²) >= 11 is 0. The van der Waals surface area contributed by atoms with Gasteiger partial charge in [-0.25, -0.2) is 4.98 Å². The summed E-state index contributed by atoms with van der Waals surface area (Å²) in [6.07, 6.45) is 2.57. The number of hydrogen-bond acceptors (Lipinski definition) is 3. The Bertz CT molecular complexity index is 182. The number of H-pyrrole nitrogens is 1. The topological polar surface area (TPSA) is 53.6 Å². The molecule has 0 fully saturated rings. The molecule has 0 aliphatic heterocycles. The quantitative estimate of drug-likeness (QED) is 0.676. The lowest BCUT2D eigenvalue weighted by molar-refractivity contribution is 0.512. The van der Waals surface area contributed by atoms with E-state index in [1.165, 1.54) is 6.33 Å². The first-order valence-corrected chi connectivity index (χ1v) is 3.97. The van der Waals surface area contributed by atoms with E-state index in [1.807, 2.05) is 0 Å². The normalized spacial score (nSPS) is 13.3. The monoisotopic (exact) mass is 154 g/mol. The largest absolute Gasteiger partial charge is 0.308 e. The van der Waals surface area contributed by atoms with Crippen LogP contribution >= 0.6 is 0 Å². The summed E-state index contributed by atoms with van der Waals surface area (Å²) in [5, 5.41) is 9.95. The Labute approximate surface area is 66.4 Å². The molecule has 0 aliphatic carbocycles. The van der Waals surface area contributed by atoms with Crippen LogP contribution in [0.5, 0.6) is 0 Å². The fourth-order valence-electron chi connectivity index (χ4n) is 1.06. The van der Waals surface area contributed by atoms with Gasteiger partial charge in [-0.3, -0.25) is 5.10 Å². The molecule has 2 N–H and O–H groups in total. The van der Waals surface area contributed by atoms with Crippen molar-refractivity contribution in [1.82, 2.24) is 20.5 Å². The summed E-state index contributed by atoms with van der Waals surface area (Å²) in [4.78, 5) is 4.08. The van der Waals surface area contributed by atoms with Gasteiger partial charge in [0.1, 0.15) is 12.2 Å². The number of nitrogens with zero attached hydrogens (tertiary/aromatic N) is 2. The Morgan fingerprint density at radius 3 is 2.91 bits per heavy atom. The molecule has 0 amide bonds. The average molecular weight is 154 g/mol. The number of aromatic amines is 1. The van der Waals surface area contributed by atoms with Crippen molar-refractivity contribution in [3.63, 3.8) is 0 Å². The maximum atomic E-state index is 4.08. The fourth-order valence-corrected chi connectivity index (χ4v) is 1.06. The van der Waals surface area contributed by atoms with Crippen molar-refractivity contribution in [3.05, 3.63) is 12.2 Å². The molecule has 1 rings (SSSR count). The van der Waals surface area contributed by atoms with Gasteiger partial charge in [0.15, 0.2) is 0 Å². The molecule has 1 atom stereocenters. The molecule has 11 heavy (non-hydrogen) atoms. The van der Waals surface area contributed by atoms with Crippen LogP contribution in [0.15, 0.2) is 6.33 Å². The molecular weight excluding hydrogens is 140 g/mol. The lowest BCUT2D eigenvalue weighted by Gasteiger charge is -2.11. The minimum atomic E-state index is 0.322. The van der Waals surface area contributed by atoms with Crippen LogP contribution < -0.4 is 5.32 Å². The molecule has 1 aromatic heterocycles. The van der Waals surface area contributed by atoms with E-state index in [0.717, 1.165) is 18.8 Å². The molecule has 1 heterocycles. The highest BCUT2D eigenvalue weighted by molar-refractivity contribution is 4.89. The van der Waals surface area contributed by atoms with Gasteiger partial charge in [0.2, 0.25) is 0 Å². The number of aromatic nitrogens is 3. The zero-order chi connectivity index (χ0) is 8.10. The Hall–Kier alpha value is -0.900. The van der Waals surface area contributed by atoms with Gasteiger partial charge in [-0.15, -0.1) is 0 Å². The first-order chi connectivity index (χ1) is 5.38. The predicted octanol–water partition coefficient (Wildman–Crippen LogP) is 0.865. The molecule has 1 aromatic rings. The van der Waals surface area contributed by atoms with Gasteiger partial charge < -0.3 is 5.32 Å². The van der Waals surface area contributed by atoms with Crippen molar-refractivity contribution in [1.29, 1.82) is 0 Å². The van der Waals surface area contributed by atoms with Crippen LogP contribution in [0.4, 0.5) is 0 Å². The van der Waals surface area contributed by atoms with Crippen LogP contribution in [-0.2, 0) is 0 Å². The van der Waals surface area contributed by atoms with E-state index in [2.05, 4.69) is 34.3 Å². The van der Waals surface area contributed by atoms with Crippen LogP contribution in [0, 0.1) is 0 Å². The highest BCUT2D eigenvalue weighted by Crippen LogP contribution is 2.08. The Balaban J connectivity index is 2.56. The molecule has 0 saturated carbocycles. The third kappa shape index (κ3) is 2.01. The summed E-state index contributed by atoms with van der Waals surface area (Å²) in [7, 11) is 0. The van der Waals surface area contributed by atoms with E-state index in [9.17, 15) is 0 Å². The Kier molecular flexibility index (Phi) is 3.04. The highest BCUT2D eigenvalue weighted by atomic mass is 15.2. The molecule has 0 radical (unpaired) electrons. The van der Waals surface area contributed by atoms with Crippen LogP contribution in [-0.4, -0.2) is 21.7 Å². The second-order valence-corrected chi connectivity index (χ2v) is 2.39. The van der Waals surface area contributed by atoms with Crippen LogP contribution in [0.3, 0.4) is 0 Å². The maximum absolute atomic E-state index is 4.08. The van der Waals surface area contributed by atoms with Crippen molar-refractivity contribution in [2.75, 3.05) is 6.54 Å². The van der Waals surface area contributed by atoms with E-state index in [4.69, 9.17) is 0 Å². The molecule has 0 aliphatic rings. The van der Waals surface area contributed by atoms with Crippen LogP contribution in [0.2, 0.25) is 0 Å². The Morgan fingerprint density at radius 1 is 1.64 bits per heavy atom. The van der Waals surface area contributed by atoms with E-state index >= 15 is 0 Å². The Morgan fingerprint density at radius 2 is 2.45 bits per heavy atom. The SMILES string of the molecule is CCNC(CC)c1ncn[nH]1. The molecule has 62 valence electrons. The number of hydrogen-bond donors (Lipinski definition) is 2. The van der Waals surface area contributed by atoms with Crippen molar-refractivity contribution >= 4 is 0 Å². The van der Waals surface area contributed by atoms with Crippen LogP contribution in [0.1, 0.15) is 32.1 Å². The summed E-state index contributed by atoms with van der Waals surface area (Å²) in [5.41, 5.74) is 0. The molecule has 4 nitrogen and oxygen atoms in total. The summed E-state index contributed by atoms with van der Waals surface area (Å²) in [6.45, 7) is 5.16. The highest BCUT2D eigenvalue weighted by Gasteiger charge is 2.08. The molecule has 4 heteroatoms. The molecule has 0 saturated heterocycles. The van der Waals surface area contributed by atoms with Crippen molar-refractivity contribution in [2.45, 2.75) is 26.3 Å². The van der Waals surface area contributed by atoms with Gasteiger partial charge in [-0.1, -0.05) is 13.8 Å². The number of rotatable bonds is 4. The van der Waals surface area contributed by atoms with E-state index in [-0.39, 0.29) is 0 Å². The zero-order valence-corrected chi connectivity index (χ0v) is 6.96. The lowest BCUT2D eigenvalue weighted by atomic mass is 10.2. The molecular formula is C7H14N4. The van der Waals surface area contributed by atoms with Crippen LogP contribution in [0.25, 0.3) is 0 Å². The first kappa shape index (κ1) is 8.20. The van der Waals surface area contributed by atoms with Crippen molar-refractivity contribution in [2.24, 2.45) is 0 Å². The van der Waals surface area contributed by atoms with Gasteiger partial charge in [-0.2, -0.15) is 5.10 Å². The second kappa shape index (κ2) is 4.08. The second-order valence-electron chi connectivity index (χ2n) is 2.39. The maximum Gasteiger partial charge on any atom is 0.141 e. The van der Waals surface area contributed by atoms with Gasteiger partial charge in [0, 0.05) is 0 Å². The molecule has 0 spiro atoms. The van der Waals surface area contributed by atoms with Gasteiger partial charge in [0.25, 0.3) is 0 Å². The number of nitrogens with one attached hydrogen (secondary N) is 2. The summed E-state index contributed by atoms with van der Waals surface area (Å²) in [5.74, 6) is 0.925. The van der Waals surface area contributed by atoms with E-state index in [0.29, 0.717) is 6.04 Å². The first-order valence-electron chi connectivity index (χ1n) is 3.97. The molecule has 0 aromatic carbocycles. The smallest absolute Gasteiger partial charge is 0.141 e. The van der Waals surface area contributed by atoms with Crippen molar-refractivity contribution in [3.8, 4) is 0 Å².